The van der Waals surface area contributed by atoms with E-state index in [9.17, 15) is 18.0 Å². The molecule has 7 nitrogen and oxygen atoms in total. The van der Waals surface area contributed by atoms with Crippen LogP contribution < -0.4 is 15.0 Å². The summed E-state index contributed by atoms with van der Waals surface area (Å²) < 4.78 is 45.6. The van der Waals surface area contributed by atoms with Gasteiger partial charge in [-0.15, -0.1) is 0 Å². The number of carbonyl (C=O) groups excluding carboxylic acids is 1. The molecular weight excluding hydrogens is 411 g/mol. The highest BCUT2D eigenvalue weighted by molar-refractivity contribution is 5.97. The molecule has 1 amide bonds. The van der Waals surface area contributed by atoms with Crippen molar-refractivity contribution in [3.05, 3.63) is 54.5 Å². The molecule has 31 heavy (non-hydrogen) atoms. The number of benzene rings is 1. The van der Waals surface area contributed by atoms with Crippen LogP contribution in [0.2, 0.25) is 0 Å². The zero-order valence-corrected chi connectivity index (χ0v) is 16.5. The highest BCUT2D eigenvalue weighted by Gasteiger charge is 2.34. The van der Waals surface area contributed by atoms with E-state index in [2.05, 4.69) is 20.3 Å². The Labute approximate surface area is 175 Å². The number of hydrogen-bond acceptors (Lipinski definition) is 6. The fraction of sp³-hybridized carbons (Fsp3) is 0.238. The molecule has 0 radical (unpaired) electrons. The molecule has 0 saturated carbocycles. The molecule has 0 unspecified atom stereocenters. The van der Waals surface area contributed by atoms with Crippen LogP contribution in [0.4, 0.5) is 30.4 Å². The Kier molecular flexibility index (Phi) is 5.45. The van der Waals surface area contributed by atoms with Gasteiger partial charge in [-0.2, -0.15) is 13.2 Å². The molecule has 3 aromatic rings. The number of ether oxygens (including phenoxy) is 1. The smallest absolute Gasteiger partial charge is 0.433 e. The summed E-state index contributed by atoms with van der Waals surface area (Å²) >= 11 is 0. The second-order valence-electron chi connectivity index (χ2n) is 6.86. The van der Waals surface area contributed by atoms with Gasteiger partial charge in [0.15, 0.2) is 11.5 Å². The molecule has 0 bridgehead atoms. The van der Waals surface area contributed by atoms with E-state index < -0.39 is 11.9 Å². The van der Waals surface area contributed by atoms with E-state index in [0.717, 1.165) is 12.5 Å². The molecule has 3 heterocycles. The van der Waals surface area contributed by atoms with Gasteiger partial charge in [0.25, 0.3) is 0 Å². The minimum atomic E-state index is -4.64. The Morgan fingerprint density at radius 3 is 2.52 bits per heavy atom. The highest BCUT2D eigenvalue weighted by atomic mass is 19.4. The number of halogens is 3. The molecule has 160 valence electrons. The van der Waals surface area contributed by atoms with Crippen LogP contribution in [-0.4, -0.2) is 34.5 Å². The van der Waals surface area contributed by atoms with Gasteiger partial charge < -0.3 is 15.0 Å². The summed E-state index contributed by atoms with van der Waals surface area (Å²) in [6.07, 6.45) is -0.494. The van der Waals surface area contributed by atoms with Gasteiger partial charge in [0.2, 0.25) is 5.91 Å². The summed E-state index contributed by atoms with van der Waals surface area (Å²) in [5.41, 5.74) is 0.416. The zero-order chi connectivity index (χ0) is 22.0. The van der Waals surface area contributed by atoms with Crippen molar-refractivity contribution in [2.45, 2.75) is 19.0 Å². The fourth-order valence-corrected chi connectivity index (χ4v) is 3.32. The molecule has 0 spiro atoms. The van der Waals surface area contributed by atoms with Crippen molar-refractivity contribution in [3.63, 3.8) is 0 Å². The number of alkyl halides is 3. The summed E-state index contributed by atoms with van der Waals surface area (Å²) in [6.45, 7) is 0.595. The van der Waals surface area contributed by atoms with Gasteiger partial charge in [0.1, 0.15) is 11.6 Å². The van der Waals surface area contributed by atoms with Crippen molar-refractivity contribution in [2.24, 2.45) is 0 Å². The molecule has 10 heteroatoms. The molecule has 4 rings (SSSR count). The summed E-state index contributed by atoms with van der Waals surface area (Å²) in [5.74, 6) is 0.332. The second-order valence-corrected chi connectivity index (χ2v) is 6.86. The Hall–Kier alpha value is -3.69. The Morgan fingerprint density at radius 2 is 1.87 bits per heavy atom. The van der Waals surface area contributed by atoms with Gasteiger partial charge in [-0.1, -0.05) is 0 Å². The first-order valence-electron chi connectivity index (χ1n) is 9.47. The lowest BCUT2D eigenvalue weighted by Crippen LogP contribution is -2.24. The topological polar surface area (TPSA) is 80.2 Å². The average molecular weight is 429 g/mol. The first-order chi connectivity index (χ1) is 14.8. The van der Waals surface area contributed by atoms with Gasteiger partial charge in [-0.25, -0.2) is 9.97 Å². The number of aromatic nitrogens is 3. The molecule has 1 aromatic carbocycles. The molecular formula is C21H18F3N5O2. The maximum absolute atomic E-state index is 13.4. The predicted octanol–water partition coefficient (Wildman–Crippen LogP) is 4.44. The van der Waals surface area contributed by atoms with Crippen molar-refractivity contribution in [1.29, 1.82) is 0 Å². The monoisotopic (exact) mass is 429 g/mol. The molecule has 1 saturated heterocycles. The highest BCUT2D eigenvalue weighted by Crippen LogP contribution is 2.36. The van der Waals surface area contributed by atoms with E-state index >= 15 is 0 Å². The first kappa shape index (κ1) is 20.6. The largest absolute Gasteiger partial charge is 0.494 e. The third-order valence-corrected chi connectivity index (χ3v) is 4.77. The Bertz CT molecular complexity index is 1110. The van der Waals surface area contributed by atoms with Crippen LogP contribution in [-0.2, 0) is 11.0 Å². The third-order valence-electron chi connectivity index (χ3n) is 4.77. The summed E-state index contributed by atoms with van der Waals surface area (Å²) in [7, 11) is 1.47. The Morgan fingerprint density at radius 1 is 1.10 bits per heavy atom. The lowest BCUT2D eigenvalue weighted by Gasteiger charge is -2.20. The minimum Gasteiger partial charge on any atom is -0.494 e. The molecule has 1 aliphatic heterocycles. The fourth-order valence-electron chi connectivity index (χ4n) is 3.32. The molecule has 0 atom stereocenters. The number of amides is 1. The van der Waals surface area contributed by atoms with Gasteiger partial charge >= 0.3 is 6.18 Å². The van der Waals surface area contributed by atoms with Gasteiger partial charge in [-0.3, -0.25) is 9.78 Å². The van der Waals surface area contributed by atoms with Crippen molar-refractivity contribution in [3.8, 4) is 17.1 Å². The standard InChI is InChI=1S/C21H18F3N5O2/c1-31-16-11-14(4-5-15(16)29-10-2-3-19(29)30)26-18-12-17(21(22,23)24)27-20(28-18)13-6-8-25-9-7-13/h4-9,11-12H,2-3,10H2,1H3,(H,26,27,28). The molecule has 1 fully saturated rings. The normalized spacial score (nSPS) is 14.1. The van der Waals surface area contributed by atoms with Gasteiger partial charge in [-0.05, 0) is 30.7 Å². The third kappa shape index (κ3) is 4.42. The average Bonchev–Trinajstić information content (AvgIpc) is 3.19. The van der Waals surface area contributed by atoms with E-state index in [4.69, 9.17) is 4.74 Å². The second kappa shape index (κ2) is 8.21. The van der Waals surface area contributed by atoms with Crippen LogP contribution in [0.5, 0.6) is 5.75 Å². The summed E-state index contributed by atoms with van der Waals surface area (Å²) in [6, 6.07) is 8.87. The summed E-state index contributed by atoms with van der Waals surface area (Å²) in [4.78, 5) is 25.4. The lowest BCUT2D eigenvalue weighted by molar-refractivity contribution is -0.141. The van der Waals surface area contributed by atoms with E-state index in [1.165, 1.54) is 31.6 Å². The number of methoxy groups -OCH3 is 1. The van der Waals surface area contributed by atoms with E-state index in [0.29, 0.717) is 35.7 Å². The predicted molar refractivity (Wildman–Crippen MR) is 108 cm³/mol. The quantitative estimate of drug-likeness (QED) is 0.646. The number of anilines is 3. The molecule has 1 aliphatic rings. The summed E-state index contributed by atoms with van der Waals surface area (Å²) in [5, 5.41) is 2.88. The van der Waals surface area contributed by atoms with Crippen molar-refractivity contribution in [2.75, 3.05) is 23.9 Å². The van der Waals surface area contributed by atoms with E-state index in [1.54, 1.807) is 23.1 Å². The van der Waals surface area contributed by atoms with Crippen LogP contribution in [0.1, 0.15) is 18.5 Å². The van der Waals surface area contributed by atoms with E-state index in [-0.39, 0.29) is 17.5 Å². The maximum Gasteiger partial charge on any atom is 0.433 e. The first-order valence-corrected chi connectivity index (χ1v) is 9.47. The number of nitrogens with zero attached hydrogens (tertiary/aromatic N) is 4. The minimum absolute atomic E-state index is 0.00613. The molecule has 0 aliphatic carbocycles. The number of nitrogens with one attached hydrogen (secondary N) is 1. The number of carbonyl (C=O) groups is 1. The van der Waals surface area contributed by atoms with Gasteiger partial charge in [0.05, 0.1) is 12.8 Å². The van der Waals surface area contributed by atoms with Crippen LogP contribution in [0.25, 0.3) is 11.4 Å². The number of pyridine rings is 1. The van der Waals surface area contributed by atoms with Crippen LogP contribution in [0.15, 0.2) is 48.8 Å². The van der Waals surface area contributed by atoms with Crippen LogP contribution >= 0.6 is 0 Å². The molecule has 2 aromatic heterocycles. The zero-order valence-electron chi connectivity index (χ0n) is 16.5. The van der Waals surface area contributed by atoms with Crippen LogP contribution in [0, 0.1) is 0 Å². The van der Waals surface area contributed by atoms with Crippen LogP contribution in [0.3, 0.4) is 0 Å². The number of hydrogen-bond donors (Lipinski definition) is 1. The Balaban J connectivity index is 1.69. The van der Waals surface area contributed by atoms with Crippen molar-refractivity contribution < 1.29 is 22.7 Å². The van der Waals surface area contributed by atoms with Gasteiger partial charge in [0, 0.05) is 48.7 Å². The van der Waals surface area contributed by atoms with Crippen molar-refractivity contribution in [1.82, 2.24) is 15.0 Å². The van der Waals surface area contributed by atoms with E-state index in [1.807, 2.05) is 0 Å². The maximum atomic E-state index is 13.4. The number of rotatable bonds is 5. The lowest BCUT2D eigenvalue weighted by atomic mass is 10.2. The van der Waals surface area contributed by atoms with Crippen molar-refractivity contribution >= 4 is 23.1 Å². The molecule has 1 N–H and O–H groups in total. The SMILES string of the molecule is COc1cc(Nc2cc(C(F)(F)F)nc(-c3ccncc3)n2)ccc1N1CCCC1=O.